The van der Waals surface area contributed by atoms with E-state index in [1.807, 2.05) is 6.92 Å². The Morgan fingerprint density at radius 3 is 2.10 bits per heavy atom. The van der Waals surface area contributed by atoms with Gasteiger partial charge in [0.2, 0.25) is 0 Å². The maximum Gasteiger partial charge on any atom is -0.0236 e. The molecule has 0 aliphatic rings. The second kappa shape index (κ2) is 6.60. The fraction of sp³-hybridized carbons (Fsp3) is 0.600. The summed E-state index contributed by atoms with van der Waals surface area (Å²) in [5, 5.41) is 0. The monoisotopic (exact) mass is 138 g/mol. The zero-order valence-corrected chi connectivity index (χ0v) is 7.30. The van der Waals surface area contributed by atoms with Crippen molar-refractivity contribution >= 4 is 0 Å². The first-order chi connectivity index (χ1) is 4.85. The van der Waals surface area contributed by atoms with E-state index in [4.69, 9.17) is 0 Å². The van der Waals surface area contributed by atoms with Crippen molar-refractivity contribution in [2.45, 2.75) is 33.6 Å². The van der Waals surface area contributed by atoms with E-state index in [9.17, 15) is 0 Å². The highest BCUT2D eigenvalue weighted by molar-refractivity contribution is 5.02. The van der Waals surface area contributed by atoms with Crippen molar-refractivity contribution in [3.05, 3.63) is 24.3 Å². The van der Waals surface area contributed by atoms with Crippen molar-refractivity contribution in [2.24, 2.45) is 5.92 Å². The fourth-order valence-electron chi connectivity index (χ4n) is 0.893. The highest BCUT2D eigenvalue weighted by atomic mass is 14.0. The molecule has 0 bridgehead atoms. The van der Waals surface area contributed by atoms with Gasteiger partial charge in [-0.3, -0.25) is 0 Å². The smallest absolute Gasteiger partial charge is 0.0236 e. The molecule has 0 aromatic rings. The Bertz CT molecular complexity index is 105. The molecule has 0 fully saturated rings. The van der Waals surface area contributed by atoms with Crippen LogP contribution in [-0.2, 0) is 0 Å². The van der Waals surface area contributed by atoms with Crippen molar-refractivity contribution in [1.29, 1.82) is 0 Å². The predicted molar refractivity (Wildman–Crippen MR) is 48.0 cm³/mol. The van der Waals surface area contributed by atoms with Crippen LogP contribution in [-0.4, -0.2) is 0 Å². The van der Waals surface area contributed by atoms with Crippen LogP contribution in [0.5, 0.6) is 0 Å². The quantitative estimate of drug-likeness (QED) is 0.521. The lowest BCUT2D eigenvalue weighted by atomic mass is 10.0. The topological polar surface area (TPSA) is 0 Å². The van der Waals surface area contributed by atoms with Gasteiger partial charge in [0.25, 0.3) is 0 Å². The molecule has 0 N–H and O–H groups in total. The standard InChI is InChI=1S/C10H18/c1-4-7-8-9-10(5-2)6-3/h4,7-10H,5-6H2,1-3H3/b7-4-,9-8-. The molecule has 0 amide bonds. The molecule has 58 valence electrons. The van der Waals surface area contributed by atoms with Gasteiger partial charge in [-0.05, 0) is 25.7 Å². The van der Waals surface area contributed by atoms with Crippen LogP contribution < -0.4 is 0 Å². The van der Waals surface area contributed by atoms with Crippen LogP contribution in [0.25, 0.3) is 0 Å². The zero-order valence-electron chi connectivity index (χ0n) is 7.30. The molecule has 0 spiro atoms. The summed E-state index contributed by atoms with van der Waals surface area (Å²) in [6.07, 6.45) is 11.1. The van der Waals surface area contributed by atoms with Crippen LogP contribution in [0.1, 0.15) is 33.6 Å². The molecule has 0 unspecified atom stereocenters. The molecule has 0 atom stereocenters. The van der Waals surface area contributed by atoms with Gasteiger partial charge in [0.1, 0.15) is 0 Å². The van der Waals surface area contributed by atoms with E-state index in [1.54, 1.807) is 0 Å². The first-order valence-corrected chi connectivity index (χ1v) is 4.14. The molecule has 0 aliphatic carbocycles. The summed E-state index contributed by atoms with van der Waals surface area (Å²) in [5.41, 5.74) is 0. The fourth-order valence-corrected chi connectivity index (χ4v) is 0.893. The molecule has 0 radical (unpaired) electrons. The summed E-state index contributed by atoms with van der Waals surface area (Å²) >= 11 is 0. The van der Waals surface area contributed by atoms with E-state index in [1.165, 1.54) is 12.8 Å². The zero-order chi connectivity index (χ0) is 7.82. The molecule has 0 rings (SSSR count). The summed E-state index contributed by atoms with van der Waals surface area (Å²) < 4.78 is 0. The van der Waals surface area contributed by atoms with Crippen molar-refractivity contribution in [1.82, 2.24) is 0 Å². The van der Waals surface area contributed by atoms with Gasteiger partial charge in [0.15, 0.2) is 0 Å². The number of rotatable bonds is 4. The van der Waals surface area contributed by atoms with Crippen molar-refractivity contribution in [3.63, 3.8) is 0 Å². The lowest BCUT2D eigenvalue weighted by molar-refractivity contribution is 0.606. The maximum atomic E-state index is 2.28. The summed E-state index contributed by atoms with van der Waals surface area (Å²) in [6, 6.07) is 0. The minimum absolute atomic E-state index is 0.774. The van der Waals surface area contributed by atoms with Gasteiger partial charge in [-0.15, -0.1) is 0 Å². The van der Waals surface area contributed by atoms with Gasteiger partial charge >= 0.3 is 0 Å². The molecule has 10 heavy (non-hydrogen) atoms. The second-order valence-corrected chi connectivity index (χ2v) is 2.49. The molecule has 0 aromatic heterocycles. The first-order valence-electron chi connectivity index (χ1n) is 4.14. The molecule has 0 heteroatoms. The first kappa shape index (κ1) is 9.48. The minimum Gasteiger partial charge on any atom is -0.0877 e. The summed E-state index contributed by atoms with van der Waals surface area (Å²) in [7, 11) is 0. The van der Waals surface area contributed by atoms with Crippen molar-refractivity contribution in [2.75, 3.05) is 0 Å². The predicted octanol–water partition coefficient (Wildman–Crippen LogP) is 3.55. The Hall–Kier alpha value is -0.520. The second-order valence-electron chi connectivity index (χ2n) is 2.49. The highest BCUT2D eigenvalue weighted by Gasteiger charge is 1.94. The summed E-state index contributed by atoms with van der Waals surface area (Å²) in [6.45, 7) is 6.50. The van der Waals surface area contributed by atoms with Crippen LogP contribution >= 0.6 is 0 Å². The number of allylic oxidation sites excluding steroid dienone is 4. The van der Waals surface area contributed by atoms with Gasteiger partial charge in [-0.1, -0.05) is 38.2 Å². The van der Waals surface area contributed by atoms with E-state index in [0.29, 0.717) is 0 Å². The largest absolute Gasteiger partial charge is 0.0877 e. The SMILES string of the molecule is C/C=C\C=C/C(CC)CC. The summed E-state index contributed by atoms with van der Waals surface area (Å²) in [4.78, 5) is 0. The third-order valence-electron chi connectivity index (χ3n) is 1.74. The van der Waals surface area contributed by atoms with Gasteiger partial charge in [-0.25, -0.2) is 0 Å². The van der Waals surface area contributed by atoms with Crippen LogP contribution in [0.2, 0.25) is 0 Å². The molecule has 0 saturated carbocycles. The molecule has 0 nitrogen and oxygen atoms in total. The van der Waals surface area contributed by atoms with Crippen LogP contribution in [0.15, 0.2) is 24.3 Å². The lowest BCUT2D eigenvalue weighted by Gasteiger charge is -2.02. The van der Waals surface area contributed by atoms with E-state index < -0.39 is 0 Å². The number of hydrogen-bond acceptors (Lipinski definition) is 0. The van der Waals surface area contributed by atoms with Crippen LogP contribution in [0, 0.1) is 5.92 Å². The minimum atomic E-state index is 0.774. The molecule has 0 heterocycles. The van der Waals surface area contributed by atoms with E-state index in [2.05, 4.69) is 38.2 Å². The maximum absolute atomic E-state index is 2.28. The average Bonchev–Trinajstić information content (AvgIpc) is 1.99. The van der Waals surface area contributed by atoms with Gasteiger partial charge in [0, 0.05) is 0 Å². The van der Waals surface area contributed by atoms with Gasteiger partial charge < -0.3 is 0 Å². The summed E-state index contributed by atoms with van der Waals surface area (Å²) in [5.74, 6) is 0.774. The van der Waals surface area contributed by atoms with Gasteiger partial charge in [-0.2, -0.15) is 0 Å². The van der Waals surface area contributed by atoms with Crippen LogP contribution in [0.4, 0.5) is 0 Å². The number of hydrogen-bond donors (Lipinski definition) is 0. The van der Waals surface area contributed by atoms with E-state index >= 15 is 0 Å². The van der Waals surface area contributed by atoms with E-state index in [-0.39, 0.29) is 0 Å². The van der Waals surface area contributed by atoms with Gasteiger partial charge in [0.05, 0.1) is 0 Å². The Morgan fingerprint density at radius 2 is 1.70 bits per heavy atom. The third kappa shape index (κ3) is 4.37. The highest BCUT2D eigenvalue weighted by Crippen LogP contribution is 2.08. The third-order valence-corrected chi connectivity index (χ3v) is 1.74. The molecule has 0 saturated heterocycles. The average molecular weight is 138 g/mol. The Kier molecular flexibility index (Phi) is 6.25. The normalized spacial score (nSPS) is 12.4. The lowest BCUT2D eigenvalue weighted by Crippen LogP contribution is -1.89. The Balaban J connectivity index is 3.60. The Morgan fingerprint density at radius 1 is 1.10 bits per heavy atom. The molecule has 0 aromatic carbocycles. The molecule has 0 aliphatic heterocycles. The van der Waals surface area contributed by atoms with E-state index in [0.717, 1.165) is 5.92 Å². The van der Waals surface area contributed by atoms with Crippen molar-refractivity contribution < 1.29 is 0 Å². The Labute approximate surface area is 64.6 Å². The molecular formula is C10H18. The van der Waals surface area contributed by atoms with Crippen molar-refractivity contribution in [3.8, 4) is 0 Å². The van der Waals surface area contributed by atoms with Crippen LogP contribution in [0.3, 0.4) is 0 Å². The molecular weight excluding hydrogens is 120 g/mol.